The van der Waals surface area contributed by atoms with Crippen molar-refractivity contribution in [2.75, 3.05) is 5.32 Å². The second-order valence-corrected chi connectivity index (χ2v) is 6.10. The quantitative estimate of drug-likeness (QED) is 0.584. The van der Waals surface area contributed by atoms with Gasteiger partial charge in [0.15, 0.2) is 18.0 Å². The maximum Gasteiger partial charge on any atom is 0.347 e. The van der Waals surface area contributed by atoms with Gasteiger partial charge in [0.2, 0.25) is 0 Å². The molecule has 0 saturated carbocycles. The molecule has 2 aromatic rings. The number of Topliss-reactive ketones (excluding diaryl/α,β-unsaturated/α-hetero) is 1. The van der Waals surface area contributed by atoms with Crippen LogP contribution in [-0.4, -0.2) is 29.9 Å². The molecule has 144 valence electrons. The minimum absolute atomic E-state index is 0.0728. The highest BCUT2D eigenvalue weighted by Gasteiger charge is 2.23. The molecule has 0 aromatic heterocycles. The van der Waals surface area contributed by atoms with E-state index in [1.165, 1.54) is 20.8 Å². The van der Waals surface area contributed by atoms with E-state index in [0.717, 1.165) is 0 Å². The number of nitriles is 1. The fourth-order valence-corrected chi connectivity index (χ4v) is 2.22. The summed E-state index contributed by atoms with van der Waals surface area (Å²) in [6.07, 6.45) is -1.97. The molecular weight excluding hydrogens is 360 g/mol. The van der Waals surface area contributed by atoms with E-state index in [2.05, 4.69) is 5.32 Å². The largest absolute Gasteiger partial charge is 0.479 e. The summed E-state index contributed by atoms with van der Waals surface area (Å²) in [6.45, 7) is 4.41. The van der Waals surface area contributed by atoms with Gasteiger partial charge in [0, 0.05) is 11.3 Å². The highest BCUT2D eigenvalue weighted by molar-refractivity contribution is 5.97. The average molecular weight is 380 g/mol. The number of amides is 1. The van der Waals surface area contributed by atoms with E-state index in [1.54, 1.807) is 48.5 Å². The Morgan fingerprint density at radius 3 is 2.11 bits per heavy atom. The second-order valence-electron chi connectivity index (χ2n) is 6.10. The number of benzene rings is 2. The van der Waals surface area contributed by atoms with Gasteiger partial charge in [-0.25, -0.2) is 4.79 Å². The number of ether oxygens (including phenoxy) is 2. The summed E-state index contributed by atoms with van der Waals surface area (Å²) in [5.41, 5.74) is 1.50. The Kier molecular flexibility index (Phi) is 6.88. The van der Waals surface area contributed by atoms with E-state index < -0.39 is 24.1 Å². The highest BCUT2D eigenvalue weighted by atomic mass is 16.6. The Balaban J connectivity index is 1.88. The third-order valence-electron chi connectivity index (χ3n) is 3.85. The van der Waals surface area contributed by atoms with Crippen LogP contribution in [0.15, 0.2) is 48.5 Å². The first kappa shape index (κ1) is 20.6. The second kappa shape index (κ2) is 9.33. The van der Waals surface area contributed by atoms with Gasteiger partial charge in [0.25, 0.3) is 5.91 Å². The fourth-order valence-electron chi connectivity index (χ4n) is 2.22. The molecule has 0 aliphatic heterocycles. The Morgan fingerprint density at radius 2 is 1.57 bits per heavy atom. The molecule has 7 heteroatoms. The number of nitrogens with zero attached hydrogens (tertiary/aromatic N) is 1. The van der Waals surface area contributed by atoms with E-state index in [0.29, 0.717) is 22.6 Å². The monoisotopic (exact) mass is 380 g/mol. The number of nitrogens with one attached hydrogen (secondary N) is 1. The van der Waals surface area contributed by atoms with Crippen molar-refractivity contribution in [2.24, 2.45) is 0 Å². The van der Waals surface area contributed by atoms with Crippen LogP contribution in [0.5, 0.6) is 5.75 Å². The van der Waals surface area contributed by atoms with Gasteiger partial charge >= 0.3 is 5.97 Å². The molecule has 1 amide bonds. The fraction of sp³-hybridized carbons (Fsp3) is 0.238. The third kappa shape index (κ3) is 5.68. The van der Waals surface area contributed by atoms with E-state index in [1.807, 2.05) is 6.07 Å². The molecule has 0 bridgehead atoms. The molecule has 2 aromatic carbocycles. The van der Waals surface area contributed by atoms with Crippen molar-refractivity contribution in [1.29, 1.82) is 5.26 Å². The van der Waals surface area contributed by atoms with Crippen LogP contribution in [0.4, 0.5) is 5.69 Å². The molecule has 1 N–H and O–H groups in total. The smallest absolute Gasteiger partial charge is 0.347 e. The lowest BCUT2D eigenvalue weighted by Gasteiger charge is -2.18. The number of hydrogen-bond donors (Lipinski definition) is 1. The summed E-state index contributed by atoms with van der Waals surface area (Å²) in [5, 5.41) is 11.4. The van der Waals surface area contributed by atoms with Gasteiger partial charge in [-0.15, -0.1) is 0 Å². The molecule has 2 atom stereocenters. The van der Waals surface area contributed by atoms with Gasteiger partial charge in [-0.1, -0.05) is 0 Å². The van der Waals surface area contributed by atoms with Gasteiger partial charge in [-0.3, -0.25) is 9.59 Å². The van der Waals surface area contributed by atoms with Crippen LogP contribution >= 0.6 is 0 Å². The normalized spacial score (nSPS) is 12.2. The summed E-state index contributed by atoms with van der Waals surface area (Å²) < 4.78 is 10.6. The summed E-state index contributed by atoms with van der Waals surface area (Å²) in [7, 11) is 0. The van der Waals surface area contributed by atoms with E-state index >= 15 is 0 Å². The van der Waals surface area contributed by atoms with E-state index in [9.17, 15) is 14.4 Å². The third-order valence-corrected chi connectivity index (χ3v) is 3.85. The zero-order valence-electron chi connectivity index (χ0n) is 15.8. The summed E-state index contributed by atoms with van der Waals surface area (Å²) >= 11 is 0. The Morgan fingerprint density at radius 1 is 0.964 bits per heavy atom. The number of rotatable bonds is 7. The Hall–Kier alpha value is -3.66. The lowest BCUT2D eigenvalue weighted by molar-refractivity contribution is -0.159. The summed E-state index contributed by atoms with van der Waals surface area (Å²) in [5.74, 6) is -0.865. The SMILES string of the molecule is CC(=O)c1ccc(NC(=O)[C@@H](C)OC(=O)[C@H](C)Oc2ccc(C#N)cc2)cc1. The van der Waals surface area contributed by atoms with Gasteiger partial charge in [-0.05, 0) is 69.3 Å². The molecule has 7 nitrogen and oxygen atoms in total. The lowest BCUT2D eigenvalue weighted by atomic mass is 10.1. The topological polar surface area (TPSA) is 105 Å². The van der Waals surface area contributed by atoms with Crippen molar-refractivity contribution < 1.29 is 23.9 Å². The van der Waals surface area contributed by atoms with Crippen LogP contribution in [0.25, 0.3) is 0 Å². The molecule has 0 heterocycles. The zero-order chi connectivity index (χ0) is 20.7. The van der Waals surface area contributed by atoms with Crippen LogP contribution in [0.1, 0.15) is 36.7 Å². The molecule has 0 radical (unpaired) electrons. The van der Waals surface area contributed by atoms with Crippen LogP contribution in [0.2, 0.25) is 0 Å². The first-order valence-corrected chi connectivity index (χ1v) is 8.59. The molecule has 0 spiro atoms. The zero-order valence-corrected chi connectivity index (χ0v) is 15.8. The molecule has 0 aliphatic carbocycles. The van der Waals surface area contributed by atoms with E-state index in [4.69, 9.17) is 14.7 Å². The summed E-state index contributed by atoms with van der Waals surface area (Å²) in [4.78, 5) is 35.6. The minimum atomic E-state index is -1.04. The van der Waals surface area contributed by atoms with Crippen molar-refractivity contribution >= 4 is 23.3 Å². The number of anilines is 1. The number of esters is 1. The van der Waals surface area contributed by atoms with Gasteiger partial charge in [0.05, 0.1) is 11.6 Å². The molecule has 0 unspecified atom stereocenters. The number of carbonyl (C=O) groups excluding carboxylic acids is 3. The van der Waals surface area contributed by atoms with Crippen LogP contribution in [0, 0.1) is 11.3 Å². The van der Waals surface area contributed by atoms with Gasteiger partial charge < -0.3 is 14.8 Å². The molecular formula is C21H20N2O5. The first-order chi connectivity index (χ1) is 13.3. The van der Waals surface area contributed by atoms with Crippen molar-refractivity contribution in [3.8, 4) is 11.8 Å². The molecule has 0 fully saturated rings. The van der Waals surface area contributed by atoms with Crippen LogP contribution in [-0.2, 0) is 14.3 Å². The first-order valence-electron chi connectivity index (χ1n) is 8.59. The maximum absolute atomic E-state index is 12.2. The number of hydrogen-bond acceptors (Lipinski definition) is 6. The van der Waals surface area contributed by atoms with Crippen LogP contribution < -0.4 is 10.1 Å². The lowest BCUT2D eigenvalue weighted by Crippen LogP contribution is -2.35. The molecule has 0 saturated heterocycles. The number of ketones is 1. The number of carbonyl (C=O) groups is 3. The average Bonchev–Trinajstić information content (AvgIpc) is 2.68. The highest BCUT2D eigenvalue weighted by Crippen LogP contribution is 2.15. The van der Waals surface area contributed by atoms with E-state index in [-0.39, 0.29) is 5.78 Å². The predicted molar refractivity (Wildman–Crippen MR) is 102 cm³/mol. The van der Waals surface area contributed by atoms with Crippen molar-refractivity contribution in [3.05, 3.63) is 59.7 Å². The van der Waals surface area contributed by atoms with Crippen molar-refractivity contribution in [3.63, 3.8) is 0 Å². The van der Waals surface area contributed by atoms with Crippen molar-refractivity contribution in [2.45, 2.75) is 33.0 Å². The maximum atomic E-state index is 12.2. The Bertz CT molecular complexity index is 898. The minimum Gasteiger partial charge on any atom is -0.479 e. The molecule has 0 aliphatic rings. The predicted octanol–water partition coefficient (Wildman–Crippen LogP) is 3.10. The van der Waals surface area contributed by atoms with Crippen molar-refractivity contribution in [1.82, 2.24) is 0 Å². The van der Waals surface area contributed by atoms with Crippen LogP contribution in [0.3, 0.4) is 0 Å². The molecule has 28 heavy (non-hydrogen) atoms. The van der Waals surface area contributed by atoms with Gasteiger partial charge in [0.1, 0.15) is 5.75 Å². The summed E-state index contributed by atoms with van der Waals surface area (Å²) in [6, 6.07) is 14.7. The molecule has 2 rings (SSSR count). The standard InChI is InChI=1S/C21H20N2O5/c1-13(24)17-6-8-18(9-7-17)23-20(25)14(2)28-21(26)15(3)27-19-10-4-16(12-22)5-11-19/h4-11,14-15H,1-3H3,(H,23,25)/t14-,15+/m1/s1. The Labute approximate surface area is 162 Å². The van der Waals surface area contributed by atoms with Gasteiger partial charge in [-0.2, -0.15) is 5.26 Å².